The van der Waals surface area contributed by atoms with Gasteiger partial charge < -0.3 is 10.1 Å². The number of para-hydroxylation sites is 1. The summed E-state index contributed by atoms with van der Waals surface area (Å²) >= 11 is 5.96. The summed E-state index contributed by atoms with van der Waals surface area (Å²) in [5, 5.41) is 18.0. The summed E-state index contributed by atoms with van der Waals surface area (Å²) in [4.78, 5) is 34.7. The van der Waals surface area contributed by atoms with Crippen molar-refractivity contribution in [3.05, 3.63) is 99.1 Å². The van der Waals surface area contributed by atoms with Crippen molar-refractivity contribution in [2.75, 3.05) is 5.32 Å². The van der Waals surface area contributed by atoms with E-state index >= 15 is 0 Å². The van der Waals surface area contributed by atoms with Crippen molar-refractivity contribution >= 4 is 41.0 Å². The number of nitrogens with one attached hydrogen (secondary N) is 2. The van der Waals surface area contributed by atoms with Crippen LogP contribution in [-0.2, 0) is 16.2 Å². The molecule has 9 nitrogen and oxygen atoms in total. The highest BCUT2D eigenvalue weighted by Crippen LogP contribution is 2.28. The molecule has 168 valence electrons. The fourth-order valence-corrected chi connectivity index (χ4v) is 2.92. The lowest BCUT2D eigenvalue weighted by Gasteiger charge is -2.07. The van der Waals surface area contributed by atoms with E-state index in [0.717, 1.165) is 5.56 Å². The second-order valence-electron chi connectivity index (χ2n) is 6.76. The van der Waals surface area contributed by atoms with E-state index in [1.54, 1.807) is 30.3 Å². The zero-order chi connectivity index (χ0) is 23.6. The number of hydrazone groups is 1. The summed E-state index contributed by atoms with van der Waals surface area (Å²) in [5.74, 6) is -1.11. The Hall–Kier alpha value is -4.24. The molecule has 0 aliphatic carbocycles. The molecule has 10 heteroatoms. The normalized spacial score (nSPS) is 10.6. The first-order valence-electron chi connectivity index (χ1n) is 9.74. The fraction of sp³-hybridized carbons (Fsp3) is 0.0870. The minimum Gasteiger partial charge on any atom is -0.482 e. The summed E-state index contributed by atoms with van der Waals surface area (Å²) in [6.45, 7) is 0.182. The van der Waals surface area contributed by atoms with Crippen molar-refractivity contribution < 1.29 is 19.2 Å². The molecular weight excluding hydrogens is 448 g/mol. The van der Waals surface area contributed by atoms with Crippen LogP contribution in [0.4, 0.5) is 11.4 Å². The number of hydrogen-bond acceptors (Lipinski definition) is 6. The highest BCUT2D eigenvalue weighted by molar-refractivity contribution is 6.33. The lowest BCUT2D eigenvalue weighted by molar-refractivity contribution is -0.385. The van der Waals surface area contributed by atoms with Crippen LogP contribution in [0.1, 0.15) is 17.5 Å². The van der Waals surface area contributed by atoms with Gasteiger partial charge >= 0.3 is 5.69 Å². The summed E-state index contributed by atoms with van der Waals surface area (Å²) in [6, 6.07) is 20.2. The molecule has 0 heterocycles. The van der Waals surface area contributed by atoms with Gasteiger partial charge in [-0.25, -0.2) is 5.43 Å². The van der Waals surface area contributed by atoms with Crippen LogP contribution in [0.2, 0.25) is 5.02 Å². The van der Waals surface area contributed by atoms with Crippen LogP contribution in [0.5, 0.6) is 5.75 Å². The van der Waals surface area contributed by atoms with E-state index < -0.39 is 23.2 Å². The highest BCUT2D eigenvalue weighted by Gasteiger charge is 2.16. The molecule has 0 spiro atoms. The lowest BCUT2D eigenvalue weighted by atomic mass is 10.2. The van der Waals surface area contributed by atoms with Gasteiger partial charge in [0, 0.05) is 11.6 Å². The topological polar surface area (TPSA) is 123 Å². The van der Waals surface area contributed by atoms with E-state index in [2.05, 4.69) is 15.8 Å². The van der Waals surface area contributed by atoms with Crippen LogP contribution in [0.15, 0.2) is 77.9 Å². The predicted octanol–water partition coefficient (Wildman–Crippen LogP) is 4.31. The second kappa shape index (κ2) is 11.4. The van der Waals surface area contributed by atoms with Crippen LogP contribution in [0.3, 0.4) is 0 Å². The molecule has 0 aliphatic heterocycles. The molecule has 0 radical (unpaired) electrons. The van der Waals surface area contributed by atoms with Gasteiger partial charge in [0.25, 0.3) is 0 Å². The molecule has 3 rings (SSSR count). The van der Waals surface area contributed by atoms with Crippen molar-refractivity contribution in [3.63, 3.8) is 0 Å². The minimum absolute atomic E-state index is 0.112. The largest absolute Gasteiger partial charge is 0.482 e. The second-order valence-corrected chi connectivity index (χ2v) is 7.16. The number of amides is 2. The van der Waals surface area contributed by atoms with Crippen molar-refractivity contribution in [3.8, 4) is 5.75 Å². The molecule has 3 aromatic rings. The van der Waals surface area contributed by atoms with E-state index in [-0.39, 0.29) is 18.0 Å². The first kappa shape index (κ1) is 23.4. The minimum atomic E-state index is -0.659. The Bertz CT molecular complexity index is 1180. The molecule has 0 fully saturated rings. The summed E-state index contributed by atoms with van der Waals surface area (Å²) in [5.41, 5.74) is 3.61. The Morgan fingerprint density at radius 2 is 1.76 bits per heavy atom. The smallest absolute Gasteiger partial charge is 0.311 e. The van der Waals surface area contributed by atoms with Gasteiger partial charge in [-0.05, 0) is 29.8 Å². The number of hydrogen-bond donors (Lipinski definition) is 2. The maximum absolute atomic E-state index is 12.0. The molecular formula is C23H19ClN4O5. The van der Waals surface area contributed by atoms with E-state index in [0.29, 0.717) is 16.3 Å². The van der Waals surface area contributed by atoms with Crippen LogP contribution in [0, 0.1) is 10.1 Å². The molecule has 0 atom stereocenters. The molecule has 3 aromatic carbocycles. The number of nitro benzene ring substituents is 1. The van der Waals surface area contributed by atoms with Gasteiger partial charge in [0.05, 0.1) is 21.8 Å². The number of benzene rings is 3. The number of halogens is 1. The van der Waals surface area contributed by atoms with Crippen LogP contribution in [0.25, 0.3) is 0 Å². The quantitative estimate of drug-likeness (QED) is 0.210. The van der Waals surface area contributed by atoms with Gasteiger partial charge in [-0.1, -0.05) is 54.1 Å². The molecule has 0 saturated carbocycles. The van der Waals surface area contributed by atoms with Gasteiger partial charge in [-0.3, -0.25) is 19.7 Å². The van der Waals surface area contributed by atoms with E-state index in [1.165, 1.54) is 18.3 Å². The Balaban J connectivity index is 1.56. The molecule has 0 aliphatic rings. The van der Waals surface area contributed by atoms with E-state index in [1.807, 2.05) is 30.3 Å². The van der Waals surface area contributed by atoms with Crippen LogP contribution < -0.4 is 15.5 Å². The van der Waals surface area contributed by atoms with Crippen molar-refractivity contribution in [1.82, 2.24) is 5.43 Å². The summed E-state index contributed by atoms with van der Waals surface area (Å²) < 4.78 is 5.57. The first-order valence-corrected chi connectivity index (χ1v) is 10.1. The molecule has 2 N–H and O–H groups in total. The van der Waals surface area contributed by atoms with Crippen molar-refractivity contribution in [2.24, 2.45) is 5.10 Å². The van der Waals surface area contributed by atoms with Crippen molar-refractivity contribution in [1.29, 1.82) is 0 Å². The summed E-state index contributed by atoms with van der Waals surface area (Å²) in [7, 11) is 0. The van der Waals surface area contributed by atoms with E-state index in [4.69, 9.17) is 16.3 Å². The third-order valence-corrected chi connectivity index (χ3v) is 4.62. The Morgan fingerprint density at radius 1 is 1.03 bits per heavy atom. The SMILES string of the molecule is O=C(CC(=O)Nc1ccccc1Cl)NN=Cc1ccc(OCc2ccccc2)c([N+](=O)[O-])c1. The Morgan fingerprint density at radius 3 is 2.48 bits per heavy atom. The number of carbonyl (C=O) groups excluding carboxylic acids is 2. The number of carbonyl (C=O) groups is 2. The maximum Gasteiger partial charge on any atom is 0.311 e. The van der Waals surface area contributed by atoms with Gasteiger partial charge in [0.2, 0.25) is 11.8 Å². The number of ether oxygens (including phenoxy) is 1. The van der Waals surface area contributed by atoms with E-state index in [9.17, 15) is 19.7 Å². The highest BCUT2D eigenvalue weighted by atomic mass is 35.5. The fourth-order valence-electron chi connectivity index (χ4n) is 2.74. The monoisotopic (exact) mass is 466 g/mol. The van der Waals surface area contributed by atoms with Crippen molar-refractivity contribution in [2.45, 2.75) is 13.0 Å². The third-order valence-electron chi connectivity index (χ3n) is 4.29. The number of nitro groups is 1. The lowest BCUT2D eigenvalue weighted by Crippen LogP contribution is -2.24. The molecule has 33 heavy (non-hydrogen) atoms. The van der Waals surface area contributed by atoms with Gasteiger partial charge in [0.15, 0.2) is 5.75 Å². The van der Waals surface area contributed by atoms with Gasteiger partial charge in [-0.15, -0.1) is 0 Å². The number of nitrogens with zero attached hydrogens (tertiary/aromatic N) is 2. The Labute approximate surface area is 194 Å². The standard InChI is InChI=1S/C23H19ClN4O5/c24-18-8-4-5-9-19(18)26-22(29)13-23(30)27-25-14-17-10-11-21(20(12-17)28(31)32)33-15-16-6-2-1-3-7-16/h1-12,14H,13,15H2,(H,26,29)(H,27,30). The first-order chi connectivity index (χ1) is 15.9. The van der Waals surface area contributed by atoms with Crippen LogP contribution >= 0.6 is 11.6 Å². The zero-order valence-electron chi connectivity index (χ0n) is 17.2. The third kappa shape index (κ3) is 7.15. The molecule has 2 amide bonds. The Kier molecular flexibility index (Phi) is 8.09. The number of anilines is 1. The molecule has 0 bridgehead atoms. The summed E-state index contributed by atoms with van der Waals surface area (Å²) in [6.07, 6.45) is 0.757. The van der Waals surface area contributed by atoms with Crippen LogP contribution in [-0.4, -0.2) is 23.0 Å². The molecule has 0 saturated heterocycles. The van der Waals surface area contributed by atoms with Gasteiger partial charge in [0.1, 0.15) is 13.0 Å². The number of rotatable bonds is 9. The predicted molar refractivity (Wildman–Crippen MR) is 124 cm³/mol. The van der Waals surface area contributed by atoms with Gasteiger partial charge in [-0.2, -0.15) is 5.10 Å². The molecule has 0 unspecified atom stereocenters. The molecule has 0 aromatic heterocycles. The average Bonchev–Trinajstić information content (AvgIpc) is 2.80. The average molecular weight is 467 g/mol. The maximum atomic E-state index is 12.0. The zero-order valence-corrected chi connectivity index (χ0v) is 18.0.